The Morgan fingerprint density at radius 2 is 2.12 bits per heavy atom. The molecule has 88 valence electrons. The molecule has 1 heterocycles. The molecule has 0 aromatic carbocycles. The second kappa shape index (κ2) is 4.30. The van der Waals surface area contributed by atoms with Crippen LogP contribution in [-0.2, 0) is 0 Å². The van der Waals surface area contributed by atoms with E-state index < -0.39 is 6.10 Å². The molecule has 1 N–H and O–H groups in total. The largest absolute Gasteiger partial charge is 0.391 e. The van der Waals surface area contributed by atoms with Crippen LogP contribution in [-0.4, -0.2) is 20.8 Å². The number of nitrogens with zero attached hydrogens (tertiary/aromatic N) is 2. The second-order valence-electron chi connectivity index (χ2n) is 4.31. The number of hydrogen-bond donors (Lipinski definition) is 1. The Bertz CT molecular complexity index is 470. The van der Waals surface area contributed by atoms with E-state index in [4.69, 9.17) is 0 Å². The normalized spacial score (nSPS) is 25.0. The highest BCUT2D eigenvalue weighted by molar-refractivity contribution is 9.10. The Balaban J connectivity index is 2.56. The molecule has 0 aliphatic heterocycles. The van der Waals surface area contributed by atoms with Gasteiger partial charge in [0, 0.05) is 5.69 Å². The Morgan fingerprint density at radius 1 is 1.44 bits per heavy atom. The minimum atomic E-state index is -0.423. The van der Waals surface area contributed by atoms with Crippen LogP contribution in [0.25, 0.3) is 0 Å². The second-order valence-corrected chi connectivity index (χ2v) is 5.11. The third kappa shape index (κ3) is 1.82. The van der Waals surface area contributed by atoms with Crippen LogP contribution in [0, 0.1) is 13.8 Å². The van der Waals surface area contributed by atoms with Crippen LogP contribution in [0.5, 0.6) is 0 Å². The summed E-state index contributed by atoms with van der Waals surface area (Å²) in [5.41, 5.74) is 1.29. The molecule has 5 heteroatoms. The Kier molecular flexibility index (Phi) is 3.17. The molecule has 1 saturated carbocycles. The summed E-state index contributed by atoms with van der Waals surface area (Å²) in [5, 5.41) is 9.85. The first-order chi connectivity index (χ1) is 7.52. The summed E-state index contributed by atoms with van der Waals surface area (Å²) in [6, 6.07) is -0.114. The molecule has 1 aliphatic rings. The summed E-state index contributed by atoms with van der Waals surface area (Å²) in [7, 11) is 0. The van der Waals surface area contributed by atoms with Crippen LogP contribution in [0.2, 0.25) is 0 Å². The fourth-order valence-electron chi connectivity index (χ4n) is 2.37. The highest BCUT2D eigenvalue weighted by Gasteiger charge is 2.29. The van der Waals surface area contributed by atoms with Crippen molar-refractivity contribution in [3.63, 3.8) is 0 Å². The number of halogens is 1. The predicted molar refractivity (Wildman–Crippen MR) is 64.6 cm³/mol. The van der Waals surface area contributed by atoms with Gasteiger partial charge in [0.1, 0.15) is 0 Å². The van der Waals surface area contributed by atoms with Crippen LogP contribution in [0.3, 0.4) is 0 Å². The van der Waals surface area contributed by atoms with Crippen molar-refractivity contribution in [1.29, 1.82) is 0 Å². The first kappa shape index (κ1) is 11.8. The van der Waals surface area contributed by atoms with Gasteiger partial charge in [-0.25, -0.2) is 4.79 Å². The molecule has 0 unspecified atom stereocenters. The van der Waals surface area contributed by atoms with Crippen molar-refractivity contribution >= 4 is 15.9 Å². The highest BCUT2D eigenvalue weighted by atomic mass is 79.9. The molecule has 1 aliphatic carbocycles. The maximum absolute atomic E-state index is 11.9. The van der Waals surface area contributed by atoms with Gasteiger partial charge in [-0.05, 0) is 49.0 Å². The number of aryl methyl sites for hydroxylation is 1. The van der Waals surface area contributed by atoms with E-state index in [9.17, 15) is 9.90 Å². The van der Waals surface area contributed by atoms with Crippen molar-refractivity contribution in [1.82, 2.24) is 9.55 Å². The monoisotopic (exact) mass is 286 g/mol. The highest BCUT2D eigenvalue weighted by Crippen LogP contribution is 2.31. The van der Waals surface area contributed by atoms with Crippen LogP contribution >= 0.6 is 15.9 Å². The van der Waals surface area contributed by atoms with Gasteiger partial charge in [-0.15, -0.1) is 0 Å². The maximum atomic E-state index is 11.9. The molecule has 16 heavy (non-hydrogen) atoms. The lowest BCUT2D eigenvalue weighted by Gasteiger charge is -2.21. The number of rotatable bonds is 1. The standard InChI is InChI=1S/C11H15BrN2O2/c1-6-10(12)7(2)14(11(16)13-6)8-4-3-5-9(8)15/h8-9,15H,3-5H2,1-2H3/t8-,9-/m0/s1. The van der Waals surface area contributed by atoms with Gasteiger partial charge in [-0.3, -0.25) is 4.57 Å². The molecule has 0 amide bonds. The molecule has 2 rings (SSSR count). The zero-order valence-corrected chi connectivity index (χ0v) is 11.0. The summed E-state index contributed by atoms with van der Waals surface area (Å²) >= 11 is 3.43. The van der Waals surface area contributed by atoms with Gasteiger partial charge < -0.3 is 5.11 Å². The third-order valence-electron chi connectivity index (χ3n) is 3.24. The van der Waals surface area contributed by atoms with Crippen LogP contribution in [0.4, 0.5) is 0 Å². The van der Waals surface area contributed by atoms with Gasteiger partial charge in [0.2, 0.25) is 0 Å². The fraction of sp³-hybridized carbons (Fsp3) is 0.636. The average Bonchev–Trinajstić information content (AvgIpc) is 2.62. The van der Waals surface area contributed by atoms with Crippen molar-refractivity contribution in [2.45, 2.75) is 45.3 Å². The van der Waals surface area contributed by atoms with Crippen molar-refractivity contribution < 1.29 is 5.11 Å². The van der Waals surface area contributed by atoms with Crippen molar-refractivity contribution in [3.8, 4) is 0 Å². The number of aromatic nitrogens is 2. The smallest absolute Gasteiger partial charge is 0.348 e. The van der Waals surface area contributed by atoms with Gasteiger partial charge >= 0.3 is 5.69 Å². The molecule has 0 spiro atoms. The average molecular weight is 287 g/mol. The van der Waals surface area contributed by atoms with Crippen molar-refractivity contribution in [2.24, 2.45) is 0 Å². The van der Waals surface area contributed by atoms with Gasteiger partial charge in [0.25, 0.3) is 0 Å². The maximum Gasteiger partial charge on any atom is 0.348 e. The lowest BCUT2D eigenvalue weighted by atomic mass is 10.2. The van der Waals surface area contributed by atoms with E-state index >= 15 is 0 Å². The van der Waals surface area contributed by atoms with E-state index in [1.165, 1.54) is 0 Å². The minimum absolute atomic E-state index is 0.114. The third-order valence-corrected chi connectivity index (χ3v) is 4.39. The number of aliphatic hydroxyl groups excluding tert-OH is 1. The van der Waals surface area contributed by atoms with Crippen LogP contribution in [0.1, 0.15) is 36.7 Å². The van der Waals surface area contributed by atoms with E-state index in [-0.39, 0.29) is 11.7 Å². The summed E-state index contributed by atoms with van der Waals surface area (Å²) in [4.78, 5) is 15.8. The lowest BCUT2D eigenvalue weighted by molar-refractivity contribution is 0.132. The predicted octanol–water partition coefficient (Wildman–Crippen LogP) is 1.71. The molecule has 0 radical (unpaired) electrons. The lowest BCUT2D eigenvalue weighted by Crippen LogP contribution is -2.33. The van der Waals surface area contributed by atoms with Crippen LogP contribution < -0.4 is 5.69 Å². The zero-order valence-electron chi connectivity index (χ0n) is 9.40. The number of hydrogen-bond acceptors (Lipinski definition) is 3. The van der Waals surface area contributed by atoms with Crippen molar-refractivity contribution in [3.05, 3.63) is 26.3 Å². The van der Waals surface area contributed by atoms with Gasteiger partial charge in [-0.2, -0.15) is 4.98 Å². The Morgan fingerprint density at radius 3 is 2.69 bits per heavy atom. The van der Waals surface area contributed by atoms with Gasteiger partial charge in [-0.1, -0.05) is 0 Å². The summed E-state index contributed by atoms with van der Waals surface area (Å²) in [5.74, 6) is 0. The van der Waals surface area contributed by atoms with E-state index in [1.54, 1.807) is 11.5 Å². The fourth-order valence-corrected chi connectivity index (χ4v) is 2.65. The van der Waals surface area contributed by atoms with E-state index in [2.05, 4.69) is 20.9 Å². The molecular formula is C11H15BrN2O2. The molecule has 1 aromatic heterocycles. The van der Waals surface area contributed by atoms with E-state index in [0.717, 1.165) is 29.4 Å². The minimum Gasteiger partial charge on any atom is -0.391 e. The first-order valence-electron chi connectivity index (χ1n) is 5.45. The summed E-state index contributed by atoms with van der Waals surface area (Å²) in [6.45, 7) is 3.68. The van der Waals surface area contributed by atoms with Crippen LogP contribution in [0.15, 0.2) is 9.27 Å². The summed E-state index contributed by atoms with van der Waals surface area (Å²) in [6.07, 6.45) is 2.15. The van der Waals surface area contributed by atoms with Gasteiger partial charge in [0.05, 0.1) is 22.3 Å². The molecule has 2 atom stereocenters. The molecule has 1 fully saturated rings. The molecular weight excluding hydrogens is 272 g/mol. The molecule has 4 nitrogen and oxygen atoms in total. The number of aliphatic hydroxyl groups is 1. The topological polar surface area (TPSA) is 55.1 Å². The van der Waals surface area contributed by atoms with Gasteiger partial charge in [0.15, 0.2) is 0 Å². The first-order valence-corrected chi connectivity index (χ1v) is 6.25. The Labute approximate surface area is 102 Å². The van der Waals surface area contributed by atoms with E-state index in [0.29, 0.717) is 5.69 Å². The Hall–Kier alpha value is -0.680. The molecule has 0 saturated heterocycles. The molecule has 1 aromatic rings. The molecule has 0 bridgehead atoms. The summed E-state index contributed by atoms with van der Waals surface area (Å²) < 4.78 is 2.47. The zero-order chi connectivity index (χ0) is 11.9. The van der Waals surface area contributed by atoms with Crippen molar-refractivity contribution in [2.75, 3.05) is 0 Å². The SMILES string of the molecule is Cc1nc(=O)n([C@H]2CCC[C@@H]2O)c(C)c1Br. The quantitative estimate of drug-likeness (QED) is 0.855. The van der Waals surface area contributed by atoms with E-state index in [1.807, 2.05) is 6.92 Å².